The second kappa shape index (κ2) is 6.43. The van der Waals surface area contributed by atoms with Gasteiger partial charge in [-0.3, -0.25) is 4.79 Å². The van der Waals surface area contributed by atoms with Crippen molar-refractivity contribution < 1.29 is 14.3 Å². The minimum Gasteiger partial charge on any atom is -0.447 e. The molecule has 0 bridgehead atoms. The largest absolute Gasteiger partial charge is 0.447 e. The van der Waals surface area contributed by atoms with Crippen molar-refractivity contribution in [1.82, 2.24) is 5.32 Å². The lowest BCUT2D eigenvalue weighted by Crippen LogP contribution is -2.44. The fourth-order valence-corrected chi connectivity index (χ4v) is 1.16. The third kappa shape index (κ3) is 5.40. The molecule has 0 rings (SSSR count). The van der Waals surface area contributed by atoms with Crippen LogP contribution in [0.25, 0.3) is 0 Å². The molecule has 1 N–H and O–H groups in total. The Hall–Kier alpha value is -1.06. The lowest BCUT2D eigenvalue weighted by atomic mass is 10.0. The summed E-state index contributed by atoms with van der Waals surface area (Å²) in [6.07, 6.45) is 0.128. The lowest BCUT2D eigenvalue weighted by molar-refractivity contribution is -0.119. The topological polar surface area (TPSA) is 55.4 Å². The molecule has 0 aromatic carbocycles. The van der Waals surface area contributed by atoms with Gasteiger partial charge in [0.05, 0.1) is 6.04 Å². The van der Waals surface area contributed by atoms with Gasteiger partial charge in [-0.05, 0) is 26.2 Å². The molecule has 0 aromatic rings. The number of hydrogen-bond donors (Lipinski definition) is 1. The van der Waals surface area contributed by atoms with Crippen LogP contribution in [0.2, 0.25) is 0 Å². The highest BCUT2D eigenvalue weighted by molar-refractivity contribution is 5.85. The maximum Gasteiger partial charge on any atom is 0.407 e. The van der Waals surface area contributed by atoms with E-state index in [1.807, 2.05) is 27.7 Å². The average molecular weight is 215 g/mol. The van der Waals surface area contributed by atoms with Crippen molar-refractivity contribution in [3.05, 3.63) is 0 Å². The van der Waals surface area contributed by atoms with E-state index in [1.165, 1.54) is 6.92 Å². The predicted molar refractivity (Wildman–Crippen MR) is 58.7 cm³/mol. The number of alkyl carbamates (subject to hydrolysis) is 1. The number of amides is 1. The van der Waals surface area contributed by atoms with Crippen molar-refractivity contribution in [2.24, 2.45) is 5.92 Å². The molecule has 0 fully saturated rings. The predicted octanol–water partition coefficient (Wildman–Crippen LogP) is 2.12. The van der Waals surface area contributed by atoms with Crippen LogP contribution in [-0.4, -0.2) is 24.0 Å². The number of hydrogen-bond acceptors (Lipinski definition) is 3. The van der Waals surface area contributed by atoms with Crippen LogP contribution in [0.4, 0.5) is 4.79 Å². The Morgan fingerprint density at radius 2 is 1.80 bits per heavy atom. The molecule has 0 heterocycles. The molecule has 0 aliphatic heterocycles. The molecule has 0 aliphatic rings. The van der Waals surface area contributed by atoms with E-state index in [-0.39, 0.29) is 17.8 Å². The van der Waals surface area contributed by atoms with E-state index in [0.29, 0.717) is 0 Å². The van der Waals surface area contributed by atoms with Gasteiger partial charge in [0, 0.05) is 0 Å². The number of carbonyl (C=O) groups excluding carboxylic acids is 2. The Bertz CT molecular complexity index is 226. The van der Waals surface area contributed by atoms with Crippen LogP contribution in [0.15, 0.2) is 0 Å². The monoisotopic (exact) mass is 215 g/mol. The standard InChI is InChI=1S/C11H21NO3/c1-6-8(4)15-11(14)12-10(7(2)3)9(5)13/h7-8,10H,6H2,1-5H3,(H,12,14). The summed E-state index contributed by atoms with van der Waals surface area (Å²) in [6, 6.07) is -0.457. The highest BCUT2D eigenvalue weighted by Gasteiger charge is 2.21. The minimum atomic E-state index is -0.516. The molecule has 15 heavy (non-hydrogen) atoms. The van der Waals surface area contributed by atoms with Crippen molar-refractivity contribution in [2.45, 2.75) is 53.2 Å². The lowest BCUT2D eigenvalue weighted by Gasteiger charge is -2.20. The van der Waals surface area contributed by atoms with E-state index in [0.717, 1.165) is 6.42 Å². The van der Waals surface area contributed by atoms with Gasteiger partial charge in [0.2, 0.25) is 0 Å². The van der Waals surface area contributed by atoms with Gasteiger partial charge in [0.1, 0.15) is 6.10 Å². The number of ether oxygens (including phenoxy) is 1. The van der Waals surface area contributed by atoms with Gasteiger partial charge in [0.25, 0.3) is 0 Å². The highest BCUT2D eigenvalue weighted by Crippen LogP contribution is 2.04. The average Bonchev–Trinajstić information content (AvgIpc) is 2.12. The van der Waals surface area contributed by atoms with Crippen molar-refractivity contribution >= 4 is 11.9 Å². The molecule has 0 spiro atoms. The maximum absolute atomic E-state index is 11.3. The second-order valence-corrected chi connectivity index (χ2v) is 4.10. The molecule has 1 amide bonds. The van der Waals surface area contributed by atoms with Gasteiger partial charge in [-0.15, -0.1) is 0 Å². The van der Waals surface area contributed by atoms with Crippen LogP contribution in [0.1, 0.15) is 41.0 Å². The van der Waals surface area contributed by atoms with E-state index in [4.69, 9.17) is 4.74 Å². The van der Waals surface area contributed by atoms with Crippen molar-refractivity contribution in [3.63, 3.8) is 0 Å². The normalized spacial score (nSPS) is 14.5. The van der Waals surface area contributed by atoms with Gasteiger partial charge >= 0.3 is 6.09 Å². The Kier molecular flexibility index (Phi) is 5.97. The van der Waals surface area contributed by atoms with E-state index in [2.05, 4.69) is 5.32 Å². The molecule has 0 aromatic heterocycles. The quantitative estimate of drug-likeness (QED) is 0.764. The van der Waals surface area contributed by atoms with Gasteiger partial charge < -0.3 is 10.1 Å². The number of carbonyl (C=O) groups is 2. The molecule has 2 unspecified atom stereocenters. The van der Waals surface area contributed by atoms with Gasteiger partial charge in [-0.2, -0.15) is 0 Å². The zero-order chi connectivity index (χ0) is 12.0. The van der Waals surface area contributed by atoms with Crippen molar-refractivity contribution in [1.29, 1.82) is 0 Å². The van der Waals surface area contributed by atoms with Crippen LogP contribution in [0, 0.1) is 5.92 Å². The summed E-state index contributed by atoms with van der Waals surface area (Å²) in [5, 5.41) is 2.57. The molecule has 0 aliphatic carbocycles. The van der Waals surface area contributed by atoms with Crippen molar-refractivity contribution in [2.75, 3.05) is 0 Å². The summed E-state index contributed by atoms with van der Waals surface area (Å²) in [5.74, 6) is 0.0260. The van der Waals surface area contributed by atoms with Crippen LogP contribution in [0.3, 0.4) is 0 Å². The van der Waals surface area contributed by atoms with E-state index in [1.54, 1.807) is 0 Å². The molecular weight excluding hydrogens is 194 g/mol. The summed E-state index contributed by atoms with van der Waals surface area (Å²) in [6.45, 7) is 8.99. The molecular formula is C11H21NO3. The van der Waals surface area contributed by atoms with E-state index in [9.17, 15) is 9.59 Å². The highest BCUT2D eigenvalue weighted by atomic mass is 16.6. The Morgan fingerprint density at radius 3 is 2.13 bits per heavy atom. The first-order valence-corrected chi connectivity index (χ1v) is 5.36. The number of rotatable bonds is 5. The summed E-state index contributed by atoms with van der Waals surface area (Å²) >= 11 is 0. The first-order chi connectivity index (χ1) is 6.88. The summed E-state index contributed by atoms with van der Waals surface area (Å²) < 4.78 is 5.03. The summed E-state index contributed by atoms with van der Waals surface area (Å²) in [7, 11) is 0. The third-order valence-corrected chi connectivity index (χ3v) is 2.26. The number of ketones is 1. The van der Waals surface area contributed by atoms with Crippen LogP contribution >= 0.6 is 0 Å². The zero-order valence-corrected chi connectivity index (χ0v) is 10.2. The SMILES string of the molecule is CCC(C)OC(=O)NC(C(C)=O)C(C)C. The molecule has 0 radical (unpaired) electrons. The number of Topliss-reactive ketones (excluding diaryl/α,β-unsaturated/α-hetero) is 1. The third-order valence-electron chi connectivity index (χ3n) is 2.26. The Labute approximate surface area is 91.4 Å². The smallest absolute Gasteiger partial charge is 0.407 e. The van der Waals surface area contributed by atoms with Crippen LogP contribution in [0.5, 0.6) is 0 Å². The van der Waals surface area contributed by atoms with E-state index >= 15 is 0 Å². The maximum atomic E-state index is 11.3. The van der Waals surface area contributed by atoms with Crippen LogP contribution < -0.4 is 5.32 Å². The Balaban J connectivity index is 4.18. The fraction of sp³-hybridized carbons (Fsp3) is 0.818. The van der Waals surface area contributed by atoms with Gasteiger partial charge in [-0.25, -0.2) is 4.79 Å². The molecule has 2 atom stereocenters. The molecule has 4 heteroatoms. The van der Waals surface area contributed by atoms with Crippen LogP contribution in [-0.2, 0) is 9.53 Å². The number of nitrogens with one attached hydrogen (secondary N) is 1. The van der Waals surface area contributed by atoms with Crippen molar-refractivity contribution in [3.8, 4) is 0 Å². The first-order valence-electron chi connectivity index (χ1n) is 5.36. The zero-order valence-electron chi connectivity index (χ0n) is 10.2. The molecule has 88 valence electrons. The second-order valence-electron chi connectivity index (χ2n) is 4.10. The minimum absolute atomic E-state index is 0.0499. The fourth-order valence-electron chi connectivity index (χ4n) is 1.16. The first kappa shape index (κ1) is 13.9. The Morgan fingerprint density at radius 1 is 1.27 bits per heavy atom. The molecule has 0 saturated heterocycles. The molecule has 0 saturated carbocycles. The van der Waals surface area contributed by atoms with Gasteiger partial charge in [-0.1, -0.05) is 20.8 Å². The summed E-state index contributed by atoms with van der Waals surface area (Å²) in [5.41, 5.74) is 0. The summed E-state index contributed by atoms with van der Waals surface area (Å²) in [4.78, 5) is 22.6. The van der Waals surface area contributed by atoms with Gasteiger partial charge in [0.15, 0.2) is 5.78 Å². The molecule has 4 nitrogen and oxygen atoms in total. The van der Waals surface area contributed by atoms with E-state index < -0.39 is 12.1 Å².